The molecular weight excluding hydrogens is 324 g/mol. The van der Waals surface area contributed by atoms with E-state index in [9.17, 15) is 14.4 Å². The number of hydrogen-bond acceptors (Lipinski definition) is 7. The summed E-state index contributed by atoms with van der Waals surface area (Å²) < 4.78 is 0. The van der Waals surface area contributed by atoms with Gasteiger partial charge in [-0.15, -0.1) is 0 Å². The number of hydrogen-bond donors (Lipinski definition) is 0. The van der Waals surface area contributed by atoms with Gasteiger partial charge in [0.2, 0.25) is 5.78 Å². The lowest BCUT2D eigenvalue weighted by molar-refractivity contribution is -0.135. The van der Waals surface area contributed by atoms with Crippen molar-refractivity contribution in [3.63, 3.8) is 0 Å². The highest BCUT2D eigenvalue weighted by molar-refractivity contribution is 6.45. The summed E-state index contributed by atoms with van der Waals surface area (Å²) in [6.07, 6.45) is 0.643. The summed E-state index contributed by atoms with van der Waals surface area (Å²) in [5.41, 5.74) is 0.704. The Balaban J connectivity index is 1.85. The van der Waals surface area contributed by atoms with Gasteiger partial charge in [0.25, 0.3) is 0 Å². The fourth-order valence-electron chi connectivity index (χ4n) is 1.72. The number of benzene rings is 2. The first-order valence-electron chi connectivity index (χ1n) is 7.23. The molecule has 0 fully saturated rings. The van der Waals surface area contributed by atoms with E-state index in [1.54, 1.807) is 60.7 Å². The predicted molar refractivity (Wildman–Crippen MR) is 90.3 cm³/mol. The minimum absolute atomic E-state index is 0.00534. The lowest BCUT2D eigenvalue weighted by atomic mass is 10.1. The van der Waals surface area contributed by atoms with Crippen LogP contribution in [0.25, 0.3) is 0 Å². The van der Waals surface area contributed by atoms with Crippen LogP contribution in [-0.2, 0) is 14.5 Å². The Hall–Kier alpha value is -3.61. The van der Waals surface area contributed by atoms with Gasteiger partial charge in [0.15, 0.2) is 6.21 Å². The molecular formula is C18H14N2O5. The maximum Gasteiger partial charge on any atom is 0.380 e. The quantitative estimate of drug-likeness (QED) is 0.349. The molecule has 0 radical (unpaired) electrons. The van der Waals surface area contributed by atoms with Gasteiger partial charge in [0, 0.05) is 5.56 Å². The van der Waals surface area contributed by atoms with Crippen LogP contribution < -0.4 is 0 Å². The number of ketones is 1. The monoisotopic (exact) mass is 338 g/mol. The summed E-state index contributed by atoms with van der Waals surface area (Å²) in [6.45, 7) is 1.41. The van der Waals surface area contributed by atoms with Crippen LogP contribution in [0, 0.1) is 0 Å². The van der Waals surface area contributed by atoms with Gasteiger partial charge < -0.3 is 9.68 Å². The first-order valence-corrected chi connectivity index (χ1v) is 7.23. The molecule has 0 spiro atoms. The van der Waals surface area contributed by atoms with Gasteiger partial charge in [-0.3, -0.25) is 4.79 Å². The number of oxime groups is 2. The Kier molecular flexibility index (Phi) is 6.30. The molecule has 2 aromatic rings. The van der Waals surface area contributed by atoms with E-state index in [0.717, 1.165) is 0 Å². The maximum absolute atomic E-state index is 12.0. The van der Waals surface area contributed by atoms with Crippen molar-refractivity contribution in [1.29, 1.82) is 0 Å². The van der Waals surface area contributed by atoms with Crippen molar-refractivity contribution >= 4 is 29.6 Å². The van der Waals surface area contributed by atoms with Crippen molar-refractivity contribution in [2.45, 2.75) is 6.92 Å². The van der Waals surface area contributed by atoms with E-state index < -0.39 is 11.9 Å². The first-order chi connectivity index (χ1) is 12.1. The van der Waals surface area contributed by atoms with Crippen molar-refractivity contribution in [3.8, 4) is 0 Å². The van der Waals surface area contributed by atoms with E-state index in [2.05, 4.69) is 20.0 Å². The predicted octanol–water partition coefficient (Wildman–Crippen LogP) is 2.63. The third-order valence-corrected chi connectivity index (χ3v) is 2.94. The SMILES string of the molecule is CC(=NOC(=O)C=NOC(=O)c1ccccc1)C(=O)c1ccccc1. The van der Waals surface area contributed by atoms with Gasteiger partial charge in [0.05, 0.1) is 5.56 Å². The molecule has 0 N–H and O–H groups in total. The van der Waals surface area contributed by atoms with Crippen LogP contribution in [0.3, 0.4) is 0 Å². The number of Topliss-reactive ketones (excluding diaryl/α,β-unsaturated/α-hetero) is 1. The van der Waals surface area contributed by atoms with Crippen molar-refractivity contribution in [2.75, 3.05) is 0 Å². The van der Waals surface area contributed by atoms with Crippen molar-refractivity contribution < 1.29 is 24.1 Å². The summed E-state index contributed by atoms with van der Waals surface area (Å²) in [7, 11) is 0. The summed E-state index contributed by atoms with van der Waals surface area (Å²) in [6, 6.07) is 16.6. The van der Waals surface area contributed by atoms with Crippen LogP contribution in [0.2, 0.25) is 0 Å². The molecule has 0 aliphatic heterocycles. The highest BCUT2D eigenvalue weighted by Crippen LogP contribution is 2.02. The second kappa shape index (κ2) is 8.88. The van der Waals surface area contributed by atoms with Crippen molar-refractivity contribution in [1.82, 2.24) is 0 Å². The molecule has 0 saturated heterocycles. The molecule has 0 unspecified atom stereocenters. The Morgan fingerprint density at radius 1 is 0.840 bits per heavy atom. The largest absolute Gasteiger partial charge is 0.380 e. The molecule has 0 amide bonds. The Morgan fingerprint density at radius 2 is 1.40 bits per heavy atom. The summed E-state index contributed by atoms with van der Waals surface area (Å²) in [5.74, 6) is -2.08. The molecule has 0 heterocycles. The second-order valence-corrected chi connectivity index (χ2v) is 4.76. The van der Waals surface area contributed by atoms with Crippen molar-refractivity contribution in [2.24, 2.45) is 10.3 Å². The summed E-state index contributed by atoms with van der Waals surface area (Å²) >= 11 is 0. The summed E-state index contributed by atoms with van der Waals surface area (Å²) in [5, 5.41) is 6.67. The van der Waals surface area contributed by atoms with Crippen LogP contribution in [0.5, 0.6) is 0 Å². The maximum atomic E-state index is 12.0. The molecule has 0 bridgehead atoms. The number of nitrogens with zero attached hydrogens (tertiary/aromatic N) is 2. The van der Waals surface area contributed by atoms with Crippen LogP contribution in [0.15, 0.2) is 71.0 Å². The zero-order valence-corrected chi connectivity index (χ0v) is 13.3. The van der Waals surface area contributed by atoms with Crippen LogP contribution in [0.4, 0.5) is 0 Å². The normalized spacial score (nSPS) is 11.2. The standard InChI is InChI=1S/C18H14N2O5/c1-13(17(22)14-8-4-2-5-9-14)20-24-16(21)12-19-25-18(23)15-10-6-3-7-11-15/h2-12H,1H3. The minimum Gasteiger partial charge on any atom is -0.313 e. The number of rotatable bonds is 6. The van der Waals surface area contributed by atoms with E-state index in [4.69, 9.17) is 0 Å². The molecule has 2 rings (SSSR count). The van der Waals surface area contributed by atoms with Crippen LogP contribution in [0.1, 0.15) is 27.6 Å². The van der Waals surface area contributed by atoms with Gasteiger partial charge in [0.1, 0.15) is 5.71 Å². The highest BCUT2D eigenvalue weighted by Gasteiger charge is 2.10. The van der Waals surface area contributed by atoms with Crippen molar-refractivity contribution in [3.05, 3.63) is 71.8 Å². The third-order valence-electron chi connectivity index (χ3n) is 2.94. The Labute approximate surface area is 143 Å². The number of carbonyl (C=O) groups excluding carboxylic acids is 3. The zero-order valence-electron chi connectivity index (χ0n) is 13.3. The van der Waals surface area contributed by atoms with E-state index in [1.165, 1.54) is 6.92 Å². The average Bonchev–Trinajstić information content (AvgIpc) is 2.66. The third kappa shape index (κ3) is 5.51. The smallest absolute Gasteiger partial charge is 0.313 e. The second-order valence-electron chi connectivity index (χ2n) is 4.76. The Morgan fingerprint density at radius 3 is 2.00 bits per heavy atom. The molecule has 25 heavy (non-hydrogen) atoms. The van der Waals surface area contributed by atoms with E-state index in [-0.39, 0.29) is 17.1 Å². The Bertz CT molecular complexity index is 814. The molecule has 0 aliphatic carbocycles. The minimum atomic E-state index is -0.985. The highest BCUT2D eigenvalue weighted by atomic mass is 16.7. The van der Waals surface area contributed by atoms with E-state index >= 15 is 0 Å². The molecule has 0 atom stereocenters. The molecule has 0 aliphatic rings. The number of carbonyl (C=O) groups is 3. The van der Waals surface area contributed by atoms with Gasteiger partial charge in [-0.2, -0.15) is 0 Å². The molecule has 0 saturated carbocycles. The van der Waals surface area contributed by atoms with E-state index in [0.29, 0.717) is 11.8 Å². The molecule has 126 valence electrons. The molecule has 0 aromatic heterocycles. The fraction of sp³-hybridized carbons (Fsp3) is 0.0556. The van der Waals surface area contributed by atoms with E-state index in [1.807, 2.05) is 0 Å². The topological polar surface area (TPSA) is 94.4 Å². The molecule has 7 nitrogen and oxygen atoms in total. The van der Waals surface area contributed by atoms with Gasteiger partial charge in [-0.05, 0) is 19.1 Å². The van der Waals surface area contributed by atoms with Crippen LogP contribution >= 0.6 is 0 Å². The molecule has 7 heteroatoms. The van der Waals surface area contributed by atoms with Gasteiger partial charge in [-0.1, -0.05) is 58.8 Å². The van der Waals surface area contributed by atoms with Gasteiger partial charge in [-0.25, -0.2) is 9.59 Å². The average molecular weight is 338 g/mol. The fourth-order valence-corrected chi connectivity index (χ4v) is 1.72. The zero-order chi connectivity index (χ0) is 18.1. The first kappa shape index (κ1) is 17.7. The van der Waals surface area contributed by atoms with Gasteiger partial charge >= 0.3 is 11.9 Å². The molecule has 2 aromatic carbocycles. The van der Waals surface area contributed by atoms with Crippen LogP contribution in [-0.4, -0.2) is 29.6 Å². The lowest BCUT2D eigenvalue weighted by Crippen LogP contribution is -2.13. The lowest BCUT2D eigenvalue weighted by Gasteiger charge is -1.99. The summed E-state index contributed by atoms with van der Waals surface area (Å²) in [4.78, 5) is 44.1.